The molecule has 0 radical (unpaired) electrons. The largest absolute Gasteiger partial charge is 0.526 e. The lowest BCUT2D eigenvalue weighted by Gasteiger charge is -2.08. The molecule has 0 spiro atoms. The van der Waals surface area contributed by atoms with Crippen LogP contribution in [0.15, 0.2) is 77.6 Å². The molecular weight excluding hydrogens is 421 g/mol. The lowest BCUT2D eigenvalue weighted by molar-refractivity contribution is 0.279. The molecule has 3 heterocycles. The summed E-state index contributed by atoms with van der Waals surface area (Å²) in [4.78, 5) is 26.1. The van der Waals surface area contributed by atoms with E-state index in [1.165, 1.54) is 6.20 Å². The van der Waals surface area contributed by atoms with Crippen molar-refractivity contribution in [3.05, 3.63) is 89.9 Å². The van der Waals surface area contributed by atoms with Gasteiger partial charge in [0.1, 0.15) is 6.61 Å². The Morgan fingerprint density at radius 3 is 2.45 bits per heavy atom. The monoisotopic (exact) mass is 439 g/mol. The molecule has 0 aliphatic heterocycles. The van der Waals surface area contributed by atoms with Gasteiger partial charge in [-0.1, -0.05) is 35.5 Å². The summed E-state index contributed by atoms with van der Waals surface area (Å²) < 4.78 is 26.8. The third kappa shape index (κ3) is 5.76. The van der Waals surface area contributed by atoms with Gasteiger partial charge in [-0.2, -0.15) is 0 Å². The average Bonchev–Trinajstić information content (AvgIpc) is 3.21. The Morgan fingerprint density at radius 1 is 0.935 bits per heavy atom. The molecule has 3 aromatic heterocycles. The van der Waals surface area contributed by atoms with Crippen LogP contribution in [0.5, 0.6) is 11.8 Å². The molecule has 2 N–H and O–H groups in total. The smallest absolute Gasteiger partial charge is 0.473 e. The third-order valence-corrected chi connectivity index (χ3v) is 4.64. The van der Waals surface area contributed by atoms with Gasteiger partial charge in [-0.25, -0.2) is 14.5 Å². The standard InChI is InChI=1S/C21H18N3O6P/c25-31(26,27)30-21-18(4-3-11-23-21)19-13-17(24-29-19)12-15-6-8-16(9-7-15)14-28-20-5-1-2-10-22-20/h1-11,13H,12,14H2,(H2,25,26,27). The Morgan fingerprint density at radius 2 is 1.71 bits per heavy atom. The number of hydrogen-bond acceptors (Lipinski definition) is 7. The van der Waals surface area contributed by atoms with Gasteiger partial charge in [-0.3, -0.25) is 9.79 Å². The summed E-state index contributed by atoms with van der Waals surface area (Å²) in [5.41, 5.74) is 2.97. The zero-order valence-corrected chi connectivity index (χ0v) is 17.1. The highest BCUT2D eigenvalue weighted by molar-refractivity contribution is 7.46. The van der Waals surface area contributed by atoms with Gasteiger partial charge >= 0.3 is 7.82 Å². The van der Waals surface area contributed by atoms with Crippen molar-refractivity contribution in [2.45, 2.75) is 13.0 Å². The Labute approximate surface area is 177 Å². The molecule has 4 aromatic rings. The highest BCUT2D eigenvalue weighted by Crippen LogP contribution is 2.40. The molecule has 0 fully saturated rings. The van der Waals surface area contributed by atoms with Crippen molar-refractivity contribution < 1.29 is 28.1 Å². The number of pyridine rings is 2. The zero-order valence-electron chi connectivity index (χ0n) is 16.2. The number of benzene rings is 1. The molecule has 0 saturated heterocycles. The lowest BCUT2D eigenvalue weighted by Crippen LogP contribution is -1.97. The molecule has 4 rings (SSSR count). The van der Waals surface area contributed by atoms with Gasteiger partial charge in [0.05, 0.1) is 11.3 Å². The molecule has 0 aliphatic rings. The molecule has 158 valence electrons. The summed E-state index contributed by atoms with van der Waals surface area (Å²) in [6, 6.07) is 18.2. The molecule has 0 atom stereocenters. The highest BCUT2D eigenvalue weighted by Gasteiger charge is 2.22. The van der Waals surface area contributed by atoms with Crippen LogP contribution in [-0.4, -0.2) is 24.9 Å². The van der Waals surface area contributed by atoms with Crippen LogP contribution in [0.3, 0.4) is 0 Å². The minimum Gasteiger partial charge on any atom is -0.473 e. The van der Waals surface area contributed by atoms with Gasteiger partial charge in [-0.15, -0.1) is 0 Å². The summed E-state index contributed by atoms with van der Waals surface area (Å²) in [5.74, 6) is 0.641. The van der Waals surface area contributed by atoms with Crippen molar-refractivity contribution in [2.75, 3.05) is 0 Å². The van der Waals surface area contributed by atoms with Crippen molar-refractivity contribution in [3.8, 4) is 23.1 Å². The molecule has 1 aromatic carbocycles. The molecule has 0 amide bonds. The molecular formula is C21H18N3O6P. The first-order valence-corrected chi connectivity index (χ1v) is 10.8. The summed E-state index contributed by atoms with van der Waals surface area (Å²) in [6.07, 6.45) is 3.56. The quantitative estimate of drug-likeness (QED) is 0.394. The van der Waals surface area contributed by atoms with Crippen LogP contribution < -0.4 is 9.26 Å². The molecule has 9 nitrogen and oxygen atoms in total. The Kier molecular flexibility index (Phi) is 6.08. The van der Waals surface area contributed by atoms with Crippen LogP contribution in [0.1, 0.15) is 16.8 Å². The second-order valence-electron chi connectivity index (χ2n) is 6.57. The molecule has 0 aliphatic carbocycles. The summed E-state index contributed by atoms with van der Waals surface area (Å²) in [6.45, 7) is 0.411. The highest BCUT2D eigenvalue weighted by atomic mass is 31.2. The fraction of sp³-hybridized carbons (Fsp3) is 0.0952. The third-order valence-electron chi connectivity index (χ3n) is 4.23. The number of rotatable bonds is 8. The fourth-order valence-corrected chi connectivity index (χ4v) is 3.21. The summed E-state index contributed by atoms with van der Waals surface area (Å²) in [5, 5.41) is 4.04. The van der Waals surface area contributed by atoms with E-state index in [4.69, 9.17) is 19.0 Å². The second-order valence-corrected chi connectivity index (χ2v) is 7.73. The van der Waals surface area contributed by atoms with Crippen LogP contribution in [0.4, 0.5) is 0 Å². The van der Waals surface area contributed by atoms with Gasteiger partial charge in [0.15, 0.2) is 5.76 Å². The SMILES string of the molecule is O=P(O)(O)Oc1ncccc1-c1cc(Cc2ccc(COc3ccccn3)cc2)no1. The second kappa shape index (κ2) is 9.09. The van der Waals surface area contributed by atoms with Crippen molar-refractivity contribution in [2.24, 2.45) is 0 Å². The van der Waals surface area contributed by atoms with Crippen LogP contribution in [-0.2, 0) is 17.6 Å². The topological polar surface area (TPSA) is 128 Å². The van der Waals surface area contributed by atoms with Crippen molar-refractivity contribution in [1.29, 1.82) is 0 Å². The Balaban J connectivity index is 1.42. The van der Waals surface area contributed by atoms with Gasteiger partial charge in [0.25, 0.3) is 0 Å². The van der Waals surface area contributed by atoms with Gasteiger partial charge in [0.2, 0.25) is 11.8 Å². The van der Waals surface area contributed by atoms with Crippen LogP contribution in [0.2, 0.25) is 0 Å². The van der Waals surface area contributed by atoms with E-state index in [9.17, 15) is 4.57 Å². The van der Waals surface area contributed by atoms with Crippen LogP contribution >= 0.6 is 7.82 Å². The number of phosphoric acid groups is 1. The van der Waals surface area contributed by atoms with Crippen molar-refractivity contribution in [1.82, 2.24) is 15.1 Å². The first-order chi connectivity index (χ1) is 15.0. The maximum Gasteiger partial charge on any atom is 0.526 e. The van der Waals surface area contributed by atoms with E-state index < -0.39 is 7.82 Å². The predicted molar refractivity (Wildman–Crippen MR) is 110 cm³/mol. The summed E-state index contributed by atoms with van der Waals surface area (Å²) in [7, 11) is -4.75. The maximum absolute atomic E-state index is 11.2. The Hall–Kier alpha value is -3.52. The normalized spacial score (nSPS) is 11.3. The molecule has 0 bridgehead atoms. The number of hydrogen-bond donors (Lipinski definition) is 2. The molecule has 0 unspecified atom stereocenters. The zero-order chi connectivity index (χ0) is 21.7. The maximum atomic E-state index is 11.2. The fourth-order valence-electron chi connectivity index (χ4n) is 2.84. The van der Waals surface area contributed by atoms with E-state index in [0.29, 0.717) is 35.9 Å². The Bertz CT molecular complexity index is 1190. The molecule has 31 heavy (non-hydrogen) atoms. The van der Waals surface area contributed by atoms with Gasteiger partial charge in [0, 0.05) is 30.9 Å². The van der Waals surface area contributed by atoms with E-state index >= 15 is 0 Å². The van der Waals surface area contributed by atoms with E-state index in [-0.39, 0.29) is 5.88 Å². The minimum absolute atomic E-state index is 0.226. The number of ether oxygens (including phenoxy) is 1. The van der Waals surface area contributed by atoms with Crippen LogP contribution in [0.25, 0.3) is 11.3 Å². The van der Waals surface area contributed by atoms with Gasteiger partial charge in [-0.05, 0) is 29.3 Å². The minimum atomic E-state index is -4.75. The average molecular weight is 439 g/mol. The van der Waals surface area contributed by atoms with E-state index in [1.807, 2.05) is 36.4 Å². The van der Waals surface area contributed by atoms with Crippen molar-refractivity contribution in [3.63, 3.8) is 0 Å². The van der Waals surface area contributed by atoms with Crippen molar-refractivity contribution >= 4 is 7.82 Å². The van der Waals surface area contributed by atoms with Gasteiger partial charge < -0.3 is 13.8 Å². The number of phosphoric ester groups is 1. The molecule has 10 heteroatoms. The first kappa shape index (κ1) is 20.7. The van der Waals surface area contributed by atoms with E-state index in [2.05, 4.69) is 19.6 Å². The van der Waals surface area contributed by atoms with E-state index in [0.717, 1.165) is 11.1 Å². The van der Waals surface area contributed by atoms with E-state index in [1.54, 1.807) is 30.5 Å². The molecule has 0 saturated carbocycles. The number of nitrogens with zero attached hydrogens (tertiary/aromatic N) is 3. The predicted octanol–water partition coefficient (Wildman–Crippen LogP) is 3.77. The van der Waals surface area contributed by atoms with Crippen LogP contribution in [0, 0.1) is 0 Å². The summed E-state index contributed by atoms with van der Waals surface area (Å²) >= 11 is 0. The first-order valence-electron chi connectivity index (χ1n) is 9.24. The number of aromatic nitrogens is 3. The lowest BCUT2D eigenvalue weighted by atomic mass is 10.1.